The number of quaternary nitrogens is 1. The lowest BCUT2D eigenvalue weighted by Gasteiger charge is -2.33. The number of hydrogen-bond donors (Lipinski definition) is 1. The smallest absolute Gasteiger partial charge is 0.179 e. The molecule has 0 atom stereocenters. The van der Waals surface area contributed by atoms with Crippen LogP contribution >= 0.6 is 0 Å². The molecule has 6 nitrogen and oxygen atoms in total. The Balaban J connectivity index is 1.49. The Morgan fingerprint density at radius 3 is 2.39 bits per heavy atom. The van der Waals surface area contributed by atoms with Crippen LogP contribution in [0.1, 0.15) is 0 Å². The highest BCUT2D eigenvalue weighted by Gasteiger charge is 2.26. The molecule has 5 rings (SSSR count). The average molecular weight is 412 g/mol. The van der Waals surface area contributed by atoms with Gasteiger partial charge in [0, 0.05) is 17.0 Å². The zero-order valence-electron chi connectivity index (χ0n) is 17.4. The van der Waals surface area contributed by atoms with E-state index in [1.807, 2.05) is 36.4 Å². The standard InChI is InChI=1S/C25H24N4O2/c1-31-23-13-7-5-11-21(23)28-14-16-29(17-15-28)25-18-8-2-4-10-20(18)26-24(27-25)19-9-3-6-12-22(19)30/h2-13,30H,14-17H2,1H3. The van der Waals surface area contributed by atoms with Gasteiger partial charge in [-0.2, -0.15) is 0 Å². The first-order valence-corrected chi connectivity index (χ1v) is 10.5. The molecule has 1 aromatic heterocycles. The van der Waals surface area contributed by atoms with E-state index >= 15 is 0 Å². The molecule has 1 N–H and O–H groups in total. The SMILES string of the molecule is COc1ccccc1[NH+]1CCN(c2nc(-c3ccccc3[O-])nc3ccccc23)CC1. The third-order valence-electron chi connectivity index (χ3n) is 5.87. The molecular weight excluding hydrogens is 388 g/mol. The number of benzene rings is 3. The van der Waals surface area contributed by atoms with Crippen molar-refractivity contribution in [3.8, 4) is 22.9 Å². The highest BCUT2D eigenvalue weighted by atomic mass is 16.5. The van der Waals surface area contributed by atoms with Gasteiger partial charge < -0.3 is 14.7 Å². The van der Waals surface area contributed by atoms with Crippen molar-refractivity contribution in [2.75, 3.05) is 38.2 Å². The molecule has 156 valence electrons. The van der Waals surface area contributed by atoms with E-state index in [2.05, 4.69) is 28.1 Å². The Morgan fingerprint density at radius 1 is 0.871 bits per heavy atom. The van der Waals surface area contributed by atoms with Crippen molar-refractivity contribution in [3.05, 3.63) is 72.8 Å². The molecule has 4 aromatic rings. The van der Waals surface area contributed by atoms with Gasteiger partial charge >= 0.3 is 0 Å². The lowest BCUT2D eigenvalue weighted by atomic mass is 10.1. The van der Waals surface area contributed by atoms with Crippen molar-refractivity contribution in [3.63, 3.8) is 0 Å². The molecule has 0 amide bonds. The number of aromatic nitrogens is 2. The zero-order valence-corrected chi connectivity index (χ0v) is 17.4. The van der Waals surface area contributed by atoms with Crippen LogP contribution in [-0.2, 0) is 0 Å². The number of piperazine rings is 1. The molecule has 1 fully saturated rings. The summed E-state index contributed by atoms with van der Waals surface area (Å²) < 4.78 is 5.56. The van der Waals surface area contributed by atoms with Gasteiger partial charge in [0.1, 0.15) is 5.82 Å². The second kappa shape index (κ2) is 8.24. The van der Waals surface area contributed by atoms with Gasteiger partial charge in [-0.25, -0.2) is 9.97 Å². The van der Waals surface area contributed by atoms with Crippen LogP contribution in [0.2, 0.25) is 0 Å². The molecule has 0 saturated carbocycles. The van der Waals surface area contributed by atoms with E-state index in [4.69, 9.17) is 9.72 Å². The summed E-state index contributed by atoms with van der Waals surface area (Å²) in [6, 6.07) is 23.2. The summed E-state index contributed by atoms with van der Waals surface area (Å²) >= 11 is 0. The maximum absolute atomic E-state index is 12.4. The lowest BCUT2D eigenvalue weighted by Crippen LogP contribution is -3.10. The molecule has 1 saturated heterocycles. The summed E-state index contributed by atoms with van der Waals surface area (Å²) in [6.45, 7) is 3.58. The monoisotopic (exact) mass is 412 g/mol. The van der Waals surface area contributed by atoms with Crippen LogP contribution in [0.5, 0.6) is 11.5 Å². The van der Waals surface area contributed by atoms with Crippen molar-refractivity contribution in [1.29, 1.82) is 0 Å². The fourth-order valence-corrected chi connectivity index (χ4v) is 4.27. The highest BCUT2D eigenvalue weighted by Crippen LogP contribution is 2.30. The lowest BCUT2D eigenvalue weighted by molar-refractivity contribution is -0.833. The third kappa shape index (κ3) is 3.66. The first kappa shape index (κ1) is 19.3. The van der Waals surface area contributed by atoms with Crippen molar-refractivity contribution in [1.82, 2.24) is 9.97 Å². The molecule has 3 aromatic carbocycles. The summed E-state index contributed by atoms with van der Waals surface area (Å²) in [4.78, 5) is 13.3. The number of nitrogens with zero attached hydrogens (tertiary/aromatic N) is 3. The molecule has 0 spiro atoms. The minimum absolute atomic E-state index is 0.0610. The van der Waals surface area contributed by atoms with E-state index in [-0.39, 0.29) is 5.75 Å². The number of hydrogen-bond acceptors (Lipinski definition) is 5. The van der Waals surface area contributed by atoms with E-state index in [9.17, 15) is 5.11 Å². The van der Waals surface area contributed by atoms with Crippen LogP contribution in [0.25, 0.3) is 22.3 Å². The van der Waals surface area contributed by atoms with Crippen LogP contribution in [0.3, 0.4) is 0 Å². The quantitative estimate of drug-likeness (QED) is 0.558. The Labute approximate surface area is 181 Å². The number of methoxy groups -OCH3 is 1. The molecule has 31 heavy (non-hydrogen) atoms. The maximum Gasteiger partial charge on any atom is 0.179 e. The van der Waals surface area contributed by atoms with Crippen molar-refractivity contribution in [2.24, 2.45) is 0 Å². The molecule has 0 unspecified atom stereocenters. The van der Waals surface area contributed by atoms with Gasteiger partial charge in [-0.15, -0.1) is 0 Å². The van der Waals surface area contributed by atoms with Crippen LogP contribution in [0.15, 0.2) is 72.8 Å². The van der Waals surface area contributed by atoms with E-state index < -0.39 is 0 Å². The second-order valence-electron chi connectivity index (χ2n) is 7.68. The first-order chi connectivity index (χ1) is 15.2. The largest absolute Gasteiger partial charge is 0.872 e. The van der Waals surface area contributed by atoms with Crippen LogP contribution in [0, 0.1) is 0 Å². The predicted octanol–water partition coefficient (Wildman–Crippen LogP) is 2.42. The van der Waals surface area contributed by atoms with Crippen LogP contribution in [-0.4, -0.2) is 43.3 Å². The summed E-state index contributed by atoms with van der Waals surface area (Å²) in [5.41, 5.74) is 2.58. The van der Waals surface area contributed by atoms with Crippen molar-refractivity contribution in [2.45, 2.75) is 0 Å². The molecule has 0 radical (unpaired) electrons. The fraction of sp³-hybridized carbons (Fsp3) is 0.200. The number of nitrogens with one attached hydrogen (secondary N) is 1. The zero-order chi connectivity index (χ0) is 21.2. The molecular formula is C25H24N4O2. The summed E-state index contributed by atoms with van der Waals surface area (Å²) in [6.07, 6.45) is 0. The summed E-state index contributed by atoms with van der Waals surface area (Å²) in [5.74, 6) is 2.24. The predicted molar refractivity (Wildman–Crippen MR) is 120 cm³/mol. The summed E-state index contributed by atoms with van der Waals surface area (Å²) in [7, 11) is 1.72. The van der Waals surface area contributed by atoms with Crippen LogP contribution in [0.4, 0.5) is 11.5 Å². The molecule has 6 heteroatoms. The highest BCUT2D eigenvalue weighted by molar-refractivity contribution is 5.91. The Hall–Kier alpha value is -3.64. The Morgan fingerprint density at radius 2 is 1.58 bits per heavy atom. The Bertz CT molecular complexity index is 1220. The van der Waals surface area contributed by atoms with Gasteiger partial charge in [0.2, 0.25) is 0 Å². The molecule has 1 aliphatic rings. The minimum Gasteiger partial charge on any atom is -0.872 e. The third-order valence-corrected chi connectivity index (χ3v) is 5.87. The van der Waals surface area contributed by atoms with Gasteiger partial charge in [0.05, 0.1) is 38.8 Å². The first-order valence-electron chi connectivity index (χ1n) is 10.5. The Kier molecular flexibility index (Phi) is 5.14. The summed E-state index contributed by atoms with van der Waals surface area (Å²) in [5, 5.41) is 13.4. The second-order valence-corrected chi connectivity index (χ2v) is 7.68. The van der Waals surface area contributed by atoms with Gasteiger partial charge in [-0.3, -0.25) is 4.90 Å². The normalized spacial score (nSPS) is 14.7. The van der Waals surface area contributed by atoms with E-state index in [0.29, 0.717) is 11.4 Å². The number of fused-ring (bicyclic) bond motifs is 1. The molecule has 2 heterocycles. The molecule has 0 aliphatic carbocycles. The van der Waals surface area contributed by atoms with Crippen molar-refractivity contribution >= 4 is 22.4 Å². The van der Waals surface area contributed by atoms with Crippen molar-refractivity contribution < 1.29 is 14.7 Å². The minimum atomic E-state index is -0.0610. The topological polar surface area (TPSA) is 65.8 Å². The van der Waals surface area contributed by atoms with Crippen LogP contribution < -0.4 is 19.6 Å². The number of ether oxygens (including phenoxy) is 1. The molecule has 1 aliphatic heterocycles. The van der Waals surface area contributed by atoms with E-state index in [0.717, 1.165) is 48.6 Å². The number of para-hydroxylation sites is 4. The number of rotatable bonds is 4. The maximum atomic E-state index is 12.4. The fourth-order valence-electron chi connectivity index (χ4n) is 4.27. The average Bonchev–Trinajstić information content (AvgIpc) is 2.84. The number of anilines is 1. The van der Waals surface area contributed by atoms with Gasteiger partial charge in [-0.05, 0) is 18.2 Å². The van der Waals surface area contributed by atoms with E-state index in [1.165, 1.54) is 10.6 Å². The van der Waals surface area contributed by atoms with E-state index in [1.54, 1.807) is 25.3 Å². The molecule has 0 bridgehead atoms. The van der Waals surface area contributed by atoms with Gasteiger partial charge in [0.25, 0.3) is 0 Å². The van der Waals surface area contributed by atoms with Gasteiger partial charge in [0.15, 0.2) is 17.3 Å². The van der Waals surface area contributed by atoms with Gasteiger partial charge in [-0.1, -0.05) is 54.3 Å².